The van der Waals surface area contributed by atoms with Crippen molar-refractivity contribution >= 4 is 39.2 Å². The van der Waals surface area contributed by atoms with E-state index >= 15 is 0 Å². The zero-order valence-corrected chi connectivity index (χ0v) is 22.6. The minimum atomic E-state index is -3.74. The molecule has 0 bridgehead atoms. The van der Waals surface area contributed by atoms with Crippen LogP contribution in [0.4, 0.5) is 4.79 Å². The molecule has 0 aliphatic carbocycles. The summed E-state index contributed by atoms with van der Waals surface area (Å²) >= 11 is 1.17. The lowest BCUT2D eigenvalue weighted by atomic mass is 9.77. The first-order valence-electron chi connectivity index (χ1n) is 12.4. The summed E-state index contributed by atoms with van der Waals surface area (Å²) in [6.45, 7) is 0.627. The Bertz CT molecular complexity index is 1560. The molecule has 2 saturated heterocycles. The SMILES string of the molecule is COc1ccc2c(c1)CN(CC1(C3CCN(S(=O)(=O)c4ccc(-c5ccoc5)s4)CC3)NC(=O)NC1=O)C2=O. The second-order valence-electron chi connectivity index (χ2n) is 9.87. The number of thiophene rings is 1. The number of carbonyl (C=O) groups excluding carboxylic acids is 3. The molecule has 0 saturated carbocycles. The normalized spacial score (nSPS) is 22.2. The lowest BCUT2D eigenvalue weighted by molar-refractivity contribution is -0.127. The molecule has 39 heavy (non-hydrogen) atoms. The van der Waals surface area contributed by atoms with E-state index in [1.165, 1.54) is 21.9 Å². The van der Waals surface area contributed by atoms with Gasteiger partial charge in [-0.2, -0.15) is 4.31 Å². The highest BCUT2D eigenvalue weighted by atomic mass is 32.2. The topological polar surface area (TPSA) is 138 Å². The molecule has 2 N–H and O–H groups in total. The van der Waals surface area contributed by atoms with E-state index in [1.54, 1.807) is 54.7 Å². The van der Waals surface area contributed by atoms with Gasteiger partial charge in [-0.15, -0.1) is 11.3 Å². The fraction of sp³-hybridized carbons (Fsp3) is 0.346. The summed E-state index contributed by atoms with van der Waals surface area (Å²) < 4.78 is 38.8. The highest BCUT2D eigenvalue weighted by molar-refractivity contribution is 7.91. The molecule has 3 aliphatic heterocycles. The van der Waals surface area contributed by atoms with Gasteiger partial charge in [-0.25, -0.2) is 13.2 Å². The Labute approximate surface area is 228 Å². The Morgan fingerprint density at radius 2 is 1.92 bits per heavy atom. The number of amides is 4. The summed E-state index contributed by atoms with van der Waals surface area (Å²) in [5.74, 6) is -0.474. The van der Waals surface area contributed by atoms with Crippen LogP contribution in [0, 0.1) is 5.92 Å². The van der Waals surface area contributed by atoms with Gasteiger partial charge in [0.25, 0.3) is 21.8 Å². The monoisotopic (exact) mass is 570 g/mol. The van der Waals surface area contributed by atoms with Crippen molar-refractivity contribution in [3.05, 3.63) is 60.1 Å². The number of ether oxygens (including phenoxy) is 1. The van der Waals surface area contributed by atoms with Crippen molar-refractivity contribution in [2.24, 2.45) is 5.92 Å². The van der Waals surface area contributed by atoms with Gasteiger partial charge in [0.15, 0.2) is 0 Å². The highest BCUT2D eigenvalue weighted by Crippen LogP contribution is 2.38. The van der Waals surface area contributed by atoms with Crippen molar-refractivity contribution in [1.82, 2.24) is 19.8 Å². The number of carbonyl (C=O) groups is 3. The fourth-order valence-electron chi connectivity index (χ4n) is 5.68. The molecule has 0 spiro atoms. The summed E-state index contributed by atoms with van der Waals surface area (Å²) in [7, 11) is -2.19. The smallest absolute Gasteiger partial charge is 0.322 e. The van der Waals surface area contributed by atoms with Gasteiger partial charge < -0.3 is 19.4 Å². The first-order chi connectivity index (χ1) is 18.7. The maximum atomic E-state index is 13.4. The van der Waals surface area contributed by atoms with Gasteiger partial charge in [0.1, 0.15) is 15.5 Å². The third-order valence-corrected chi connectivity index (χ3v) is 11.2. The van der Waals surface area contributed by atoms with E-state index in [2.05, 4.69) is 10.6 Å². The lowest BCUT2D eigenvalue weighted by Gasteiger charge is -2.41. The van der Waals surface area contributed by atoms with Crippen molar-refractivity contribution < 1.29 is 32.0 Å². The van der Waals surface area contributed by atoms with E-state index in [0.29, 0.717) is 24.2 Å². The summed E-state index contributed by atoms with van der Waals surface area (Å²) in [4.78, 5) is 41.0. The van der Waals surface area contributed by atoms with Crippen LogP contribution < -0.4 is 15.4 Å². The number of piperidine rings is 1. The van der Waals surface area contributed by atoms with E-state index in [4.69, 9.17) is 9.15 Å². The molecule has 2 aromatic heterocycles. The number of hydrogen-bond acceptors (Lipinski definition) is 8. The maximum Gasteiger partial charge on any atom is 0.322 e. The molecule has 13 heteroatoms. The summed E-state index contributed by atoms with van der Waals surface area (Å²) in [6, 6.07) is 9.69. The van der Waals surface area contributed by atoms with Gasteiger partial charge >= 0.3 is 6.03 Å². The zero-order chi connectivity index (χ0) is 27.4. The Hall–Kier alpha value is -3.68. The van der Waals surface area contributed by atoms with Crippen molar-refractivity contribution in [3.8, 4) is 16.2 Å². The molecule has 3 aliphatic rings. The molecule has 2 fully saturated rings. The molecule has 6 rings (SSSR count). The average molecular weight is 571 g/mol. The Morgan fingerprint density at radius 3 is 2.59 bits per heavy atom. The predicted octanol–water partition coefficient (Wildman–Crippen LogP) is 2.65. The zero-order valence-electron chi connectivity index (χ0n) is 21.0. The molecule has 3 aromatic rings. The van der Waals surface area contributed by atoms with Crippen molar-refractivity contribution in [3.63, 3.8) is 0 Å². The molecule has 204 valence electrons. The van der Waals surface area contributed by atoms with Crippen LogP contribution in [0.5, 0.6) is 5.75 Å². The number of nitrogens with zero attached hydrogens (tertiary/aromatic N) is 2. The van der Waals surface area contributed by atoms with E-state index in [9.17, 15) is 22.8 Å². The Morgan fingerprint density at radius 1 is 1.13 bits per heavy atom. The summed E-state index contributed by atoms with van der Waals surface area (Å²) in [6.07, 6.45) is 3.78. The van der Waals surface area contributed by atoms with Crippen LogP contribution in [0.2, 0.25) is 0 Å². The van der Waals surface area contributed by atoms with Crippen LogP contribution in [0.1, 0.15) is 28.8 Å². The van der Waals surface area contributed by atoms with Gasteiger partial charge in [-0.3, -0.25) is 14.9 Å². The molecule has 1 atom stereocenters. The number of hydrogen-bond donors (Lipinski definition) is 2. The van der Waals surface area contributed by atoms with Gasteiger partial charge in [0, 0.05) is 35.6 Å². The molecule has 1 aromatic carbocycles. The third-order valence-electron chi connectivity index (χ3n) is 7.73. The van der Waals surface area contributed by atoms with Crippen LogP contribution in [-0.4, -0.2) is 67.8 Å². The summed E-state index contributed by atoms with van der Waals surface area (Å²) in [5, 5.41) is 5.13. The summed E-state index contributed by atoms with van der Waals surface area (Å²) in [5.41, 5.74) is 0.766. The largest absolute Gasteiger partial charge is 0.497 e. The van der Waals surface area contributed by atoms with Crippen LogP contribution >= 0.6 is 11.3 Å². The first kappa shape index (κ1) is 25.6. The van der Waals surface area contributed by atoms with E-state index in [1.807, 2.05) is 0 Å². The number of methoxy groups -OCH3 is 1. The second kappa shape index (κ2) is 9.50. The first-order valence-corrected chi connectivity index (χ1v) is 14.7. The van der Waals surface area contributed by atoms with Crippen LogP contribution in [0.3, 0.4) is 0 Å². The van der Waals surface area contributed by atoms with Crippen molar-refractivity contribution in [1.29, 1.82) is 0 Å². The number of fused-ring (bicyclic) bond motifs is 1. The van der Waals surface area contributed by atoms with Gasteiger partial charge in [0.2, 0.25) is 0 Å². The lowest BCUT2D eigenvalue weighted by Crippen LogP contribution is -2.62. The maximum absolute atomic E-state index is 13.4. The molecule has 5 heterocycles. The van der Waals surface area contributed by atoms with Crippen LogP contribution in [-0.2, 0) is 21.4 Å². The van der Waals surface area contributed by atoms with E-state index in [0.717, 1.165) is 16.0 Å². The quantitative estimate of drug-likeness (QED) is 0.417. The minimum absolute atomic E-state index is 0.0171. The number of nitrogens with one attached hydrogen (secondary N) is 2. The molecule has 0 radical (unpaired) electrons. The molecule has 1 unspecified atom stereocenters. The van der Waals surface area contributed by atoms with Crippen molar-refractivity contribution in [2.75, 3.05) is 26.7 Å². The number of rotatable bonds is 7. The number of benzene rings is 1. The van der Waals surface area contributed by atoms with E-state index < -0.39 is 27.5 Å². The number of furan rings is 1. The molecule has 11 nitrogen and oxygen atoms in total. The van der Waals surface area contributed by atoms with Crippen molar-refractivity contribution in [2.45, 2.75) is 29.1 Å². The third kappa shape index (κ3) is 4.30. The predicted molar refractivity (Wildman–Crippen MR) is 141 cm³/mol. The van der Waals surface area contributed by atoms with E-state index in [-0.39, 0.29) is 42.2 Å². The Balaban J connectivity index is 1.20. The van der Waals surface area contributed by atoms with Gasteiger partial charge in [0.05, 0.1) is 26.2 Å². The van der Waals surface area contributed by atoms with Crippen LogP contribution in [0.25, 0.3) is 10.4 Å². The number of imide groups is 1. The second-order valence-corrected chi connectivity index (χ2v) is 13.1. The van der Waals surface area contributed by atoms with Gasteiger partial charge in [-0.1, -0.05) is 0 Å². The molecular weight excluding hydrogens is 544 g/mol. The minimum Gasteiger partial charge on any atom is -0.497 e. The standard InChI is InChI=1S/C26H26N4O7S2/c1-36-19-2-3-20-17(12-19)13-29(23(20)31)15-26(24(32)27-25(33)28-26)18-6-9-30(10-7-18)39(34,35)22-5-4-21(38-22)16-8-11-37-14-16/h2-5,8,11-12,14,18H,6-7,9-10,13,15H2,1H3,(H2,27,28,32,33). The highest BCUT2D eigenvalue weighted by Gasteiger charge is 2.55. The Kier molecular flexibility index (Phi) is 6.24. The average Bonchev–Trinajstić information content (AvgIpc) is 3.72. The number of urea groups is 1. The molecule has 4 amide bonds. The van der Waals surface area contributed by atoms with Gasteiger partial charge in [-0.05, 0) is 60.7 Å². The fourth-order valence-corrected chi connectivity index (χ4v) is 8.60. The number of sulfonamides is 1. The van der Waals surface area contributed by atoms with Crippen LogP contribution in [0.15, 0.2) is 57.6 Å². The molecular formula is C26H26N4O7S2.